The number of benzene rings is 2. The van der Waals surface area contributed by atoms with E-state index in [2.05, 4.69) is 10.0 Å². The summed E-state index contributed by atoms with van der Waals surface area (Å²) in [5, 5.41) is 2.24. The number of amides is 1. The number of anilines is 1. The van der Waals surface area contributed by atoms with Crippen molar-refractivity contribution in [2.24, 2.45) is 0 Å². The Balaban J connectivity index is 1.79. The van der Waals surface area contributed by atoms with Gasteiger partial charge in [-0.1, -0.05) is 35.3 Å². The molecular weight excluding hydrogens is 434 g/mol. The van der Waals surface area contributed by atoms with E-state index in [1.54, 1.807) is 0 Å². The molecule has 0 fully saturated rings. The maximum atomic E-state index is 13.0. The Morgan fingerprint density at radius 1 is 1.07 bits per heavy atom. The smallest absolute Gasteiger partial charge is 0.307 e. The maximum absolute atomic E-state index is 13.0. The highest BCUT2D eigenvalue weighted by Gasteiger charge is 2.21. The van der Waals surface area contributed by atoms with Crippen molar-refractivity contribution < 1.29 is 27.1 Å². The summed E-state index contributed by atoms with van der Waals surface area (Å²) in [6.45, 7) is -0.882. The fraction of sp³-hybridized carbons (Fsp3) is 0.176. The summed E-state index contributed by atoms with van der Waals surface area (Å²) in [6, 6.07) is 9.43. The summed E-state index contributed by atoms with van der Waals surface area (Å²) in [6.07, 6.45) is -0.325. The van der Waals surface area contributed by atoms with E-state index in [1.165, 1.54) is 36.4 Å². The highest BCUT2D eigenvalue weighted by Crippen LogP contribution is 2.28. The molecule has 1 amide bonds. The third kappa shape index (κ3) is 6.45. The molecule has 0 atom stereocenters. The molecule has 150 valence electrons. The fourth-order valence-corrected chi connectivity index (χ4v) is 4.25. The van der Waals surface area contributed by atoms with E-state index in [0.717, 1.165) is 6.07 Å². The van der Waals surface area contributed by atoms with Gasteiger partial charge in [0.1, 0.15) is 10.7 Å². The van der Waals surface area contributed by atoms with Crippen molar-refractivity contribution in [1.82, 2.24) is 4.72 Å². The second-order valence-electron chi connectivity index (χ2n) is 5.42. The van der Waals surface area contributed by atoms with Crippen LogP contribution in [0.1, 0.15) is 6.42 Å². The Kier molecular flexibility index (Phi) is 7.76. The molecule has 2 rings (SSSR count). The van der Waals surface area contributed by atoms with Crippen LogP contribution < -0.4 is 10.0 Å². The molecule has 2 aromatic carbocycles. The third-order valence-corrected chi connectivity index (χ3v) is 5.70. The molecule has 0 heterocycles. The lowest BCUT2D eigenvalue weighted by Crippen LogP contribution is -2.28. The van der Waals surface area contributed by atoms with Gasteiger partial charge < -0.3 is 10.1 Å². The average Bonchev–Trinajstić information content (AvgIpc) is 2.59. The van der Waals surface area contributed by atoms with Gasteiger partial charge in [-0.25, -0.2) is 17.5 Å². The molecule has 0 aliphatic heterocycles. The monoisotopic (exact) mass is 448 g/mol. The summed E-state index contributed by atoms with van der Waals surface area (Å²) in [5.41, 5.74) is 0.213. The first-order valence-corrected chi connectivity index (χ1v) is 10.1. The van der Waals surface area contributed by atoms with Gasteiger partial charge in [0, 0.05) is 12.2 Å². The highest BCUT2D eigenvalue weighted by molar-refractivity contribution is 7.89. The molecule has 0 saturated carbocycles. The Hall–Kier alpha value is -2.20. The van der Waals surface area contributed by atoms with Crippen LogP contribution in [-0.4, -0.2) is 33.4 Å². The van der Waals surface area contributed by atoms with Crippen LogP contribution in [0.25, 0.3) is 0 Å². The zero-order valence-corrected chi connectivity index (χ0v) is 16.6. The zero-order valence-electron chi connectivity index (χ0n) is 14.2. The quantitative estimate of drug-likeness (QED) is 0.604. The van der Waals surface area contributed by atoms with Crippen LogP contribution in [0.5, 0.6) is 0 Å². The standard InChI is InChI=1S/C17H15Cl2FN2O5S/c18-13-5-2-6-14(19)17(13)28(25,26)21-8-7-16(24)27-10-15(23)22-12-4-1-3-11(20)9-12/h1-6,9,21H,7-8,10H2,(H,22,23). The lowest BCUT2D eigenvalue weighted by atomic mass is 10.3. The Labute approximate surface area is 170 Å². The minimum absolute atomic E-state index is 0.0587. The fourth-order valence-electron chi connectivity index (χ4n) is 2.08. The topological polar surface area (TPSA) is 102 Å². The first-order valence-electron chi connectivity index (χ1n) is 7.84. The molecule has 0 unspecified atom stereocenters. The van der Waals surface area contributed by atoms with Crippen LogP contribution >= 0.6 is 23.2 Å². The van der Waals surface area contributed by atoms with Crippen molar-refractivity contribution in [2.45, 2.75) is 11.3 Å². The third-order valence-electron chi connectivity index (χ3n) is 3.28. The van der Waals surface area contributed by atoms with Crippen LogP contribution in [-0.2, 0) is 24.3 Å². The average molecular weight is 449 g/mol. The molecule has 0 saturated heterocycles. The van der Waals surface area contributed by atoms with Gasteiger partial charge in [0.05, 0.1) is 16.5 Å². The predicted octanol–water partition coefficient (Wildman–Crippen LogP) is 2.98. The minimum Gasteiger partial charge on any atom is -0.456 e. The number of nitrogens with one attached hydrogen (secondary N) is 2. The van der Waals surface area contributed by atoms with Crippen molar-refractivity contribution in [2.75, 3.05) is 18.5 Å². The number of rotatable bonds is 8. The number of carbonyl (C=O) groups is 2. The molecule has 0 radical (unpaired) electrons. The molecule has 0 bridgehead atoms. The summed E-state index contributed by atoms with van der Waals surface area (Å²) in [4.78, 5) is 23.0. The Morgan fingerprint density at radius 3 is 2.36 bits per heavy atom. The molecular formula is C17H15Cl2FN2O5S. The number of sulfonamides is 1. The van der Waals surface area contributed by atoms with E-state index in [-0.39, 0.29) is 33.6 Å². The maximum Gasteiger partial charge on any atom is 0.307 e. The summed E-state index contributed by atoms with van der Waals surface area (Å²) in [7, 11) is -4.03. The van der Waals surface area contributed by atoms with Gasteiger partial charge in [-0.05, 0) is 30.3 Å². The molecule has 2 aromatic rings. The van der Waals surface area contributed by atoms with E-state index in [0.29, 0.717) is 0 Å². The SMILES string of the molecule is O=C(COC(=O)CCNS(=O)(=O)c1c(Cl)cccc1Cl)Nc1cccc(F)c1. The lowest BCUT2D eigenvalue weighted by molar-refractivity contribution is -0.147. The Morgan fingerprint density at radius 2 is 1.71 bits per heavy atom. The number of hydrogen-bond acceptors (Lipinski definition) is 5. The number of hydrogen-bond donors (Lipinski definition) is 2. The molecule has 0 aromatic heterocycles. The van der Waals surface area contributed by atoms with Crippen LogP contribution in [0.3, 0.4) is 0 Å². The van der Waals surface area contributed by atoms with Gasteiger partial charge >= 0.3 is 5.97 Å². The summed E-state index contributed by atoms with van der Waals surface area (Å²) in [5.74, 6) is -1.99. The first-order chi connectivity index (χ1) is 13.2. The lowest BCUT2D eigenvalue weighted by Gasteiger charge is -2.10. The largest absolute Gasteiger partial charge is 0.456 e. The molecule has 7 nitrogen and oxygen atoms in total. The first kappa shape index (κ1) is 22.1. The summed E-state index contributed by atoms with van der Waals surface area (Å²) >= 11 is 11.7. The van der Waals surface area contributed by atoms with Crippen LogP contribution in [0.4, 0.5) is 10.1 Å². The van der Waals surface area contributed by atoms with E-state index in [4.69, 9.17) is 27.9 Å². The van der Waals surface area contributed by atoms with Gasteiger partial charge in [0.25, 0.3) is 5.91 Å². The molecule has 28 heavy (non-hydrogen) atoms. The van der Waals surface area contributed by atoms with Crippen molar-refractivity contribution in [3.63, 3.8) is 0 Å². The predicted molar refractivity (Wildman–Crippen MR) is 102 cm³/mol. The van der Waals surface area contributed by atoms with Crippen molar-refractivity contribution in [3.05, 3.63) is 58.3 Å². The zero-order chi connectivity index (χ0) is 20.7. The van der Waals surface area contributed by atoms with E-state index < -0.39 is 34.3 Å². The van der Waals surface area contributed by atoms with E-state index >= 15 is 0 Å². The van der Waals surface area contributed by atoms with E-state index in [9.17, 15) is 22.4 Å². The second-order valence-corrected chi connectivity index (χ2v) is 7.94. The summed E-state index contributed by atoms with van der Waals surface area (Å²) < 4.78 is 44.4. The number of esters is 1. The normalized spacial score (nSPS) is 11.1. The molecule has 11 heteroatoms. The van der Waals surface area contributed by atoms with Crippen LogP contribution in [0, 0.1) is 5.82 Å². The van der Waals surface area contributed by atoms with Gasteiger partial charge in [-0.15, -0.1) is 0 Å². The van der Waals surface area contributed by atoms with Gasteiger partial charge in [-0.2, -0.15) is 0 Å². The molecule has 0 spiro atoms. The molecule has 0 aliphatic carbocycles. The van der Waals surface area contributed by atoms with Gasteiger partial charge in [0.2, 0.25) is 10.0 Å². The highest BCUT2D eigenvalue weighted by atomic mass is 35.5. The Bertz CT molecular complexity index is 965. The van der Waals surface area contributed by atoms with Gasteiger partial charge in [-0.3, -0.25) is 9.59 Å². The number of carbonyl (C=O) groups excluding carboxylic acids is 2. The number of ether oxygens (including phenoxy) is 1. The molecule has 0 aliphatic rings. The van der Waals surface area contributed by atoms with Crippen molar-refractivity contribution in [1.29, 1.82) is 0 Å². The van der Waals surface area contributed by atoms with Crippen molar-refractivity contribution >= 4 is 50.8 Å². The van der Waals surface area contributed by atoms with Crippen molar-refractivity contribution in [3.8, 4) is 0 Å². The second kappa shape index (κ2) is 9.83. The number of halogens is 3. The van der Waals surface area contributed by atoms with Crippen LogP contribution in [0.15, 0.2) is 47.4 Å². The van der Waals surface area contributed by atoms with Gasteiger partial charge in [0.15, 0.2) is 6.61 Å². The molecule has 2 N–H and O–H groups in total. The van der Waals surface area contributed by atoms with E-state index in [1.807, 2.05) is 0 Å². The van der Waals surface area contributed by atoms with Crippen LogP contribution in [0.2, 0.25) is 10.0 Å². The minimum atomic E-state index is -4.03.